The Hall–Kier alpha value is -4.22. The number of hydrogen-bond donors (Lipinski definition) is 8. The van der Waals surface area contributed by atoms with E-state index in [1.54, 1.807) is 0 Å². The van der Waals surface area contributed by atoms with Crippen LogP contribution in [0.4, 0.5) is 11.9 Å². The Kier molecular flexibility index (Phi) is 7.06. The van der Waals surface area contributed by atoms with Gasteiger partial charge in [-0.25, -0.2) is 23.7 Å². The number of nitrogens with one attached hydrogen (secondary N) is 2. The molecule has 0 amide bonds. The summed E-state index contributed by atoms with van der Waals surface area (Å²) in [6.07, 6.45) is -7.91. The fraction of sp³-hybridized carbons (Fsp3) is 0.400. The summed E-state index contributed by atoms with van der Waals surface area (Å²) in [5.74, 6) is -1.92. The molecule has 0 spiro atoms. The highest BCUT2D eigenvalue weighted by Crippen LogP contribution is 2.53. The minimum absolute atomic E-state index is 0.126. The van der Waals surface area contributed by atoms with E-state index in [1.165, 1.54) is 0 Å². The zero-order valence-corrected chi connectivity index (χ0v) is 24.4. The number of aliphatic hydroxyl groups is 2. The molecule has 4 aromatic rings. The number of rotatable bonds is 2. The van der Waals surface area contributed by atoms with Crippen molar-refractivity contribution in [2.45, 2.75) is 36.7 Å². The van der Waals surface area contributed by atoms with Crippen LogP contribution in [0.3, 0.4) is 0 Å². The van der Waals surface area contributed by atoms with Gasteiger partial charge in [0, 0.05) is 0 Å². The van der Waals surface area contributed by atoms with Crippen molar-refractivity contribution in [2.24, 2.45) is 0 Å². The molecule has 7 heterocycles. The normalized spacial score (nSPS) is 33.8. The molecule has 7 rings (SSSR count). The molecule has 0 aromatic carbocycles. The lowest BCUT2D eigenvalue weighted by atomic mass is 10.1. The van der Waals surface area contributed by atoms with Crippen molar-refractivity contribution in [1.82, 2.24) is 39.0 Å². The molecule has 10 N–H and O–H groups in total. The van der Waals surface area contributed by atoms with E-state index in [1.807, 2.05) is 0 Å². The largest absolute Gasteiger partial charge is 0.505 e. The minimum atomic E-state index is -5.13. The number of H-pyrrole nitrogens is 2. The van der Waals surface area contributed by atoms with E-state index in [0.29, 0.717) is 0 Å². The van der Waals surface area contributed by atoms with E-state index >= 15 is 0 Å². The van der Waals surface area contributed by atoms with E-state index in [4.69, 9.17) is 39.0 Å². The molecule has 46 heavy (non-hydrogen) atoms. The van der Waals surface area contributed by atoms with Crippen LogP contribution >= 0.6 is 15.6 Å². The average molecular weight is 688 g/mol. The quantitative estimate of drug-likeness (QED) is 0.103. The summed E-state index contributed by atoms with van der Waals surface area (Å²) in [4.78, 5) is 65.8. The molecule has 2 saturated heterocycles. The van der Waals surface area contributed by atoms with Crippen molar-refractivity contribution in [3.05, 3.63) is 39.1 Å². The maximum Gasteiger partial charge on any atom is 0.473 e. The molecule has 0 aliphatic carbocycles. The molecule has 8 atom stereocenters. The van der Waals surface area contributed by atoms with Gasteiger partial charge in [0.1, 0.15) is 24.6 Å². The van der Waals surface area contributed by atoms with Gasteiger partial charge in [-0.05, 0) is 0 Å². The smallest absolute Gasteiger partial charge is 0.473 e. The van der Waals surface area contributed by atoms with Crippen LogP contribution in [0, 0.1) is 0 Å². The molecular formula is C20H22N10O14P2. The Morgan fingerprint density at radius 1 is 0.891 bits per heavy atom. The summed E-state index contributed by atoms with van der Waals surface area (Å²) in [6, 6.07) is 0. The van der Waals surface area contributed by atoms with Crippen LogP contribution in [0.15, 0.2) is 28.0 Å². The van der Waals surface area contributed by atoms with Crippen LogP contribution in [-0.2, 0) is 36.7 Å². The monoisotopic (exact) mass is 688 g/mol. The van der Waals surface area contributed by atoms with Gasteiger partial charge in [-0.15, -0.1) is 0 Å². The summed E-state index contributed by atoms with van der Waals surface area (Å²) in [5.41, 5.74) is 9.13. The van der Waals surface area contributed by atoms with Gasteiger partial charge in [-0.1, -0.05) is 0 Å². The fourth-order valence-corrected chi connectivity index (χ4v) is 6.98. The molecule has 3 aliphatic heterocycles. The van der Waals surface area contributed by atoms with Crippen molar-refractivity contribution in [1.29, 1.82) is 0 Å². The minimum Gasteiger partial charge on any atom is -0.505 e. The molecular weight excluding hydrogens is 666 g/mol. The SMILES string of the molecule is Nc1nc2c(ncn2C2=C(O)[C@@H]3OP(=O)(O)OC[C@H]4O[C@@H](n5cnc6c(=O)[nH]c(N)nc65)[C@H](O)[C@@H]4OP(=O)(O)OC[C@H]3O2)c(=O)[nH]1. The summed E-state index contributed by atoms with van der Waals surface area (Å²) >= 11 is 0. The third-order valence-corrected chi connectivity index (χ3v) is 9.03. The second kappa shape index (κ2) is 10.7. The van der Waals surface area contributed by atoms with Gasteiger partial charge >= 0.3 is 15.6 Å². The molecule has 0 bridgehead atoms. The summed E-state index contributed by atoms with van der Waals surface area (Å²) in [7, 11) is -10.3. The van der Waals surface area contributed by atoms with Gasteiger partial charge in [-0.3, -0.25) is 42.2 Å². The molecule has 0 saturated carbocycles. The lowest BCUT2D eigenvalue weighted by molar-refractivity contribution is -0.0585. The van der Waals surface area contributed by atoms with Crippen molar-refractivity contribution in [2.75, 3.05) is 24.7 Å². The molecule has 24 nitrogen and oxygen atoms in total. The van der Waals surface area contributed by atoms with Gasteiger partial charge in [0.2, 0.25) is 17.8 Å². The second-order valence-corrected chi connectivity index (χ2v) is 12.9. The molecule has 0 radical (unpaired) electrons. The summed E-state index contributed by atoms with van der Waals surface area (Å²) in [5, 5.41) is 22.1. The van der Waals surface area contributed by atoms with E-state index in [-0.39, 0.29) is 34.2 Å². The van der Waals surface area contributed by atoms with Crippen molar-refractivity contribution < 1.29 is 56.7 Å². The van der Waals surface area contributed by atoms with E-state index in [2.05, 4.69) is 29.9 Å². The maximum absolute atomic E-state index is 13.1. The third-order valence-electron chi connectivity index (χ3n) is 7.07. The van der Waals surface area contributed by atoms with Crippen molar-refractivity contribution in [3.63, 3.8) is 0 Å². The molecule has 2 unspecified atom stereocenters. The van der Waals surface area contributed by atoms with Gasteiger partial charge in [0.25, 0.3) is 11.1 Å². The first-order valence-electron chi connectivity index (χ1n) is 12.9. The summed E-state index contributed by atoms with van der Waals surface area (Å²) < 4.78 is 60.1. The van der Waals surface area contributed by atoms with Crippen molar-refractivity contribution in [3.8, 4) is 0 Å². The Bertz CT molecular complexity index is 2130. The van der Waals surface area contributed by atoms with Crippen LogP contribution in [0.1, 0.15) is 6.23 Å². The fourth-order valence-electron chi connectivity index (χ4n) is 5.09. The van der Waals surface area contributed by atoms with Crippen molar-refractivity contribution >= 4 is 55.8 Å². The number of nitrogens with zero attached hydrogens (tertiary/aromatic N) is 6. The number of aromatic nitrogens is 8. The van der Waals surface area contributed by atoms with E-state index in [0.717, 1.165) is 21.8 Å². The van der Waals surface area contributed by atoms with Gasteiger partial charge in [0.15, 0.2) is 46.5 Å². The molecule has 4 aromatic heterocycles. The number of hydrogen-bond acceptors (Lipinski definition) is 18. The lowest BCUT2D eigenvalue weighted by Gasteiger charge is -2.27. The van der Waals surface area contributed by atoms with Gasteiger partial charge in [0.05, 0.1) is 19.5 Å². The predicted molar refractivity (Wildman–Crippen MR) is 147 cm³/mol. The zero-order chi connectivity index (χ0) is 32.7. The number of aliphatic hydroxyl groups excluding tert-OH is 2. The lowest BCUT2D eigenvalue weighted by Crippen LogP contribution is -2.37. The first-order chi connectivity index (χ1) is 21.7. The number of anilines is 2. The topological polar surface area (TPSA) is 350 Å². The first kappa shape index (κ1) is 30.4. The number of phosphoric ester groups is 2. The van der Waals surface area contributed by atoms with Crippen LogP contribution in [0.2, 0.25) is 0 Å². The highest BCUT2D eigenvalue weighted by Gasteiger charge is 2.52. The van der Waals surface area contributed by atoms with E-state index in [9.17, 15) is 38.7 Å². The molecule has 26 heteroatoms. The number of imidazole rings is 2. The molecule has 3 aliphatic rings. The molecule has 2 fully saturated rings. The second-order valence-electron chi connectivity index (χ2n) is 10.0. The highest BCUT2D eigenvalue weighted by atomic mass is 31.2. The Balaban J connectivity index is 1.20. The van der Waals surface area contributed by atoms with Crippen LogP contribution in [0.5, 0.6) is 0 Å². The first-order valence-corrected chi connectivity index (χ1v) is 15.9. The van der Waals surface area contributed by atoms with Gasteiger partial charge < -0.3 is 40.9 Å². The number of ether oxygens (including phenoxy) is 2. The Labute approximate surface area is 252 Å². The van der Waals surface area contributed by atoms with Crippen LogP contribution < -0.4 is 22.6 Å². The number of fused-ring (bicyclic) bond motifs is 4. The van der Waals surface area contributed by atoms with Gasteiger partial charge in [-0.2, -0.15) is 9.97 Å². The van der Waals surface area contributed by atoms with Crippen LogP contribution in [0.25, 0.3) is 28.2 Å². The number of phosphoric acid groups is 2. The average Bonchev–Trinajstić information content (AvgIpc) is 3.72. The molecule has 246 valence electrons. The number of nitrogen functional groups attached to an aromatic ring is 2. The number of aromatic amines is 2. The number of nitrogens with two attached hydrogens (primary N) is 2. The summed E-state index contributed by atoms with van der Waals surface area (Å²) in [6.45, 7) is -1.80. The van der Waals surface area contributed by atoms with E-state index < -0.39 is 88.4 Å². The zero-order valence-electron chi connectivity index (χ0n) is 22.6. The Morgan fingerprint density at radius 2 is 1.48 bits per heavy atom. The Morgan fingerprint density at radius 3 is 2.17 bits per heavy atom. The van der Waals surface area contributed by atoms with Crippen LogP contribution in [-0.4, -0.2) is 103 Å². The highest BCUT2D eigenvalue weighted by molar-refractivity contribution is 7.47. The third kappa shape index (κ3) is 5.15. The predicted octanol–water partition coefficient (Wildman–Crippen LogP) is -2.22. The standard InChI is InChI=1S/C20H22N10O14P2/c21-19-25-13-7(15(33)27-19)23-3-29(13)17-9(31)11-5(41-17)1-39-45(35,36)44-12-6(2-40-46(37,38)43-11)42-18(10(12)32)30-4-24-8-14(30)26-20(22)28-16(8)34/h3-6,9,11-12,17,31-32H,1-2H2,(H,35,36)(H,37,38)(H3,21,25,27,33)(H3,22,26,28,34)/t5-,6-,9-,11-,12-,17-/m1/s1. The maximum atomic E-state index is 13.1.